The van der Waals surface area contributed by atoms with Crippen LogP contribution in [-0.2, 0) is 14.3 Å². The summed E-state index contributed by atoms with van der Waals surface area (Å²) >= 11 is 0. The van der Waals surface area contributed by atoms with E-state index in [1.165, 1.54) is 19.2 Å². The van der Waals surface area contributed by atoms with Crippen LogP contribution in [0.1, 0.15) is 31.4 Å². The zero-order valence-electron chi connectivity index (χ0n) is 18.0. The highest BCUT2D eigenvalue weighted by Crippen LogP contribution is 2.24. The maximum Gasteiger partial charge on any atom is 0.308 e. The van der Waals surface area contributed by atoms with Crippen LogP contribution in [0.3, 0.4) is 0 Å². The summed E-state index contributed by atoms with van der Waals surface area (Å²) < 4.78 is 23.9. The molecular formula is C22H33FN4O3. The Kier molecular flexibility index (Phi) is 8.45. The number of esters is 1. The van der Waals surface area contributed by atoms with E-state index in [2.05, 4.69) is 22.0 Å². The molecule has 3 rings (SSSR count). The molecule has 8 heteroatoms. The van der Waals surface area contributed by atoms with E-state index in [-0.39, 0.29) is 23.7 Å². The molecule has 1 aromatic rings. The van der Waals surface area contributed by atoms with Gasteiger partial charge in [0.15, 0.2) is 5.96 Å². The molecule has 30 heavy (non-hydrogen) atoms. The van der Waals surface area contributed by atoms with Crippen LogP contribution in [0.5, 0.6) is 0 Å². The molecule has 2 heterocycles. The fraction of sp³-hybridized carbons (Fsp3) is 0.636. The summed E-state index contributed by atoms with van der Waals surface area (Å²) in [5.41, 5.74) is 1.06. The molecule has 0 saturated carbocycles. The summed E-state index contributed by atoms with van der Waals surface area (Å²) in [7, 11) is 1.45. The second kappa shape index (κ2) is 11.3. The van der Waals surface area contributed by atoms with Crippen LogP contribution >= 0.6 is 0 Å². The lowest BCUT2D eigenvalue weighted by Gasteiger charge is -2.35. The first kappa shape index (κ1) is 22.5. The highest BCUT2D eigenvalue weighted by Gasteiger charge is 2.28. The van der Waals surface area contributed by atoms with Crippen LogP contribution in [0.15, 0.2) is 29.3 Å². The second-order valence-corrected chi connectivity index (χ2v) is 7.69. The van der Waals surface area contributed by atoms with E-state index in [0.717, 1.165) is 57.1 Å². The zero-order valence-corrected chi connectivity index (χ0v) is 18.0. The van der Waals surface area contributed by atoms with Crippen molar-refractivity contribution >= 4 is 11.9 Å². The summed E-state index contributed by atoms with van der Waals surface area (Å²) in [6.45, 7) is 7.99. The molecule has 0 aromatic heterocycles. The largest absolute Gasteiger partial charge is 0.469 e. The Morgan fingerprint density at radius 2 is 1.90 bits per heavy atom. The summed E-state index contributed by atoms with van der Waals surface area (Å²) in [6, 6.07) is 6.78. The monoisotopic (exact) mass is 420 g/mol. The second-order valence-electron chi connectivity index (χ2n) is 7.69. The van der Waals surface area contributed by atoms with E-state index in [0.29, 0.717) is 19.8 Å². The highest BCUT2D eigenvalue weighted by atomic mass is 19.1. The lowest BCUT2D eigenvalue weighted by atomic mass is 9.97. The molecule has 0 bridgehead atoms. The Morgan fingerprint density at radius 3 is 2.50 bits per heavy atom. The number of rotatable bonds is 6. The van der Waals surface area contributed by atoms with Crippen LogP contribution in [0.25, 0.3) is 0 Å². The number of likely N-dealkylation sites (tertiary alicyclic amines) is 1. The van der Waals surface area contributed by atoms with Gasteiger partial charge in [-0.05, 0) is 37.5 Å². The molecule has 0 amide bonds. The molecule has 7 nitrogen and oxygen atoms in total. The van der Waals surface area contributed by atoms with Crippen LogP contribution in [0, 0.1) is 11.7 Å². The van der Waals surface area contributed by atoms with Gasteiger partial charge in [-0.3, -0.25) is 14.7 Å². The SMILES string of the molecule is CCNC(=NCC(c1ccc(F)cc1)N1CCOCC1)N1CCC(C(=O)OC)CC1. The Balaban J connectivity index is 1.72. The number of methoxy groups -OCH3 is 1. The number of carbonyl (C=O) groups excluding carboxylic acids is 1. The average Bonchev–Trinajstić information content (AvgIpc) is 2.80. The third-order valence-electron chi connectivity index (χ3n) is 5.82. The molecule has 1 aromatic carbocycles. The molecule has 2 fully saturated rings. The van der Waals surface area contributed by atoms with Gasteiger partial charge in [-0.15, -0.1) is 0 Å². The topological polar surface area (TPSA) is 66.4 Å². The van der Waals surface area contributed by atoms with E-state index in [1.54, 1.807) is 0 Å². The van der Waals surface area contributed by atoms with Crippen LogP contribution in [0.2, 0.25) is 0 Å². The summed E-state index contributed by atoms with van der Waals surface area (Å²) in [4.78, 5) is 21.3. The standard InChI is InChI=1S/C22H33FN4O3/c1-3-24-22(27-10-8-18(9-11-27)21(28)29-2)25-16-20(26-12-14-30-15-13-26)17-4-6-19(23)7-5-17/h4-7,18,20H,3,8-16H2,1-2H3,(H,24,25). The van der Waals surface area contributed by atoms with Crippen molar-refractivity contribution in [2.75, 3.05) is 59.6 Å². The Morgan fingerprint density at radius 1 is 1.23 bits per heavy atom. The number of piperidine rings is 1. The number of hydrogen-bond acceptors (Lipinski definition) is 5. The number of guanidine groups is 1. The number of ether oxygens (including phenoxy) is 2. The van der Waals surface area contributed by atoms with Gasteiger partial charge < -0.3 is 19.7 Å². The first-order valence-electron chi connectivity index (χ1n) is 10.8. The minimum atomic E-state index is -0.232. The van der Waals surface area contributed by atoms with Crippen molar-refractivity contribution in [3.8, 4) is 0 Å². The maximum atomic E-state index is 13.5. The molecule has 1 atom stereocenters. The minimum absolute atomic E-state index is 0.0329. The molecular weight excluding hydrogens is 387 g/mol. The Labute approximate surface area is 178 Å². The van der Waals surface area contributed by atoms with Crippen LogP contribution in [-0.4, -0.2) is 81.3 Å². The fourth-order valence-electron chi connectivity index (χ4n) is 4.10. The Hall–Kier alpha value is -2.19. The van der Waals surface area contributed by atoms with Gasteiger partial charge in [0.05, 0.1) is 38.8 Å². The van der Waals surface area contributed by atoms with Gasteiger partial charge >= 0.3 is 5.97 Å². The van der Waals surface area contributed by atoms with Crippen molar-refractivity contribution in [3.63, 3.8) is 0 Å². The lowest BCUT2D eigenvalue weighted by Crippen LogP contribution is -2.47. The lowest BCUT2D eigenvalue weighted by molar-refractivity contribution is -0.146. The van der Waals surface area contributed by atoms with Gasteiger partial charge in [-0.1, -0.05) is 12.1 Å². The van der Waals surface area contributed by atoms with Gasteiger partial charge in [0.2, 0.25) is 0 Å². The molecule has 0 radical (unpaired) electrons. The van der Waals surface area contributed by atoms with Crippen molar-refractivity contribution in [1.82, 2.24) is 15.1 Å². The quantitative estimate of drug-likeness (QED) is 0.432. The van der Waals surface area contributed by atoms with Crippen molar-refractivity contribution in [3.05, 3.63) is 35.6 Å². The number of nitrogens with zero attached hydrogens (tertiary/aromatic N) is 3. The highest BCUT2D eigenvalue weighted by molar-refractivity contribution is 5.80. The first-order chi connectivity index (χ1) is 14.6. The van der Waals surface area contributed by atoms with Gasteiger partial charge in [-0.25, -0.2) is 4.39 Å². The fourth-order valence-corrected chi connectivity index (χ4v) is 4.10. The molecule has 2 aliphatic rings. The van der Waals surface area contributed by atoms with Crippen molar-refractivity contribution in [1.29, 1.82) is 0 Å². The van der Waals surface area contributed by atoms with Crippen molar-refractivity contribution in [2.45, 2.75) is 25.8 Å². The number of halogens is 1. The number of nitrogens with one attached hydrogen (secondary N) is 1. The number of carbonyl (C=O) groups is 1. The van der Waals surface area contributed by atoms with E-state index >= 15 is 0 Å². The van der Waals surface area contributed by atoms with Gasteiger partial charge in [0.25, 0.3) is 0 Å². The number of benzene rings is 1. The van der Waals surface area contributed by atoms with Gasteiger partial charge in [0, 0.05) is 32.7 Å². The molecule has 166 valence electrons. The molecule has 0 aliphatic carbocycles. The molecule has 1 unspecified atom stereocenters. The minimum Gasteiger partial charge on any atom is -0.469 e. The van der Waals surface area contributed by atoms with Gasteiger partial charge in [-0.2, -0.15) is 0 Å². The van der Waals surface area contributed by atoms with E-state index < -0.39 is 0 Å². The predicted molar refractivity (Wildman–Crippen MR) is 114 cm³/mol. The molecule has 2 aliphatic heterocycles. The number of aliphatic imine (C=N–C) groups is 1. The molecule has 1 N–H and O–H groups in total. The number of hydrogen-bond donors (Lipinski definition) is 1. The van der Waals surface area contributed by atoms with Gasteiger partial charge in [0.1, 0.15) is 5.82 Å². The zero-order chi connectivity index (χ0) is 21.3. The van der Waals surface area contributed by atoms with Crippen LogP contribution < -0.4 is 5.32 Å². The van der Waals surface area contributed by atoms with Crippen molar-refractivity contribution < 1.29 is 18.7 Å². The van der Waals surface area contributed by atoms with E-state index in [4.69, 9.17) is 14.5 Å². The van der Waals surface area contributed by atoms with Crippen LogP contribution in [0.4, 0.5) is 4.39 Å². The summed E-state index contributed by atoms with van der Waals surface area (Å²) in [5, 5.41) is 3.39. The number of morpholine rings is 1. The average molecular weight is 421 g/mol. The Bertz CT molecular complexity index is 699. The summed E-state index contributed by atoms with van der Waals surface area (Å²) in [6.07, 6.45) is 1.53. The molecule has 2 saturated heterocycles. The normalized spacial score (nSPS) is 20.1. The predicted octanol–water partition coefficient (Wildman–Crippen LogP) is 2.05. The van der Waals surface area contributed by atoms with E-state index in [1.807, 2.05) is 12.1 Å². The summed E-state index contributed by atoms with van der Waals surface area (Å²) in [5.74, 6) is 0.473. The van der Waals surface area contributed by atoms with Crippen molar-refractivity contribution in [2.24, 2.45) is 10.9 Å². The maximum absolute atomic E-state index is 13.5. The first-order valence-corrected chi connectivity index (χ1v) is 10.8. The third kappa shape index (κ3) is 5.92. The third-order valence-corrected chi connectivity index (χ3v) is 5.82. The molecule has 0 spiro atoms. The smallest absolute Gasteiger partial charge is 0.308 e. The van der Waals surface area contributed by atoms with E-state index in [9.17, 15) is 9.18 Å².